The molecule has 0 aromatic heterocycles. The zero-order valence-corrected chi connectivity index (χ0v) is 15.1. The van der Waals surface area contributed by atoms with Gasteiger partial charge in [0.25, 0.3) is 0 Å². The molecule has 5 atom stereocenters. The molecule has 1 fully saturated rings. The van der Waals surface area contributed by atoms with E-state index in [-0.39, 0.29) is 19.1 Å². The molecule has 0 aromatic carbocycles. The van der Waals surface area contributed by atoms with Gasteiger partial charge in [-0.1, -0.05) is 26.7 Å². The summed E-state index contributed by atoms with van der Waals surface area (Å²) in [5, 5.41) is 22.1. The summed E-state index contributed by atoms with van der Waals surface area (Å²) in [4.78, 5) is 11.6. The van der Waals surface area contributed by atoms with E-state index in [1.165, 1.54) is 6.92 Å². The Balaban J connectivity index is 2.94. The molecule has 0 bridgehead atoms. The van der Waals surface area contributed by atoms with Gasteiger partial charge in [0.1, 0.15) is 24.4 Å². The summed E-state index contributed by atoms with van der Waals surface area (Å²) in [6, 6.07) is -0.515. The van der Waals surface area contributed by atoms with Crippen molar-refractivity contribution in [2.45, 2.75) is 76.9 Å². The molecular formula is C17H33NO6. The molecule has 1 amide bonds. The van der Waals surface area contributed by atoms with E-state index in [1.54, 1.807) is 0 Å². The van der Waals surface area contributed by atoms with Gasteiger partial charge in [-0.2, -0.15) is 0 Å². The molecule has 3 N–H and O–H groups in total. The third kappa shape index (κ3) is 6.29. The average molecular weight is 347 g/mol. The third-order valence-electron chi connectivity index (χ3n) is 4.14. The summed E-state index contributed by atoms with van der Waals surface area (Å²) < 4.78 is 17.7. The van der Waals surface area contributed by atoms with E-state index in [4.69, 9.17) is 14.2 Å². The van der Waals surface area contributed by atoms with Gasteiger partial charge in [0.15, 0.2) is 0 Å². The Morgan fingerprint density at radius 2 is 1.54 bits per heavy atom. The second-order valence-corrected chi connectivity index (χ2v) is 6.18. The van der Waals surface area contributed by atoms with Gasteiger partial charge in [0, 0.05) is 20.1 Å². The van der Waals surface area contributed by atoms with Crippen LogP contribution in [0.3, 0.4) is 0 Å². The smallest absolute Gasteiger partial charge is 0.217 e. The predicted molar refractivity (Wildman–Crippen MR) is 89.7 cm³/mol. The second-order valence-electron chi connectivity index (χ2n) is 6.18. The van der Waals surface area contributed by atoms with Crippen molar-refractivity contribution in [1.82, 2.24) is 5.32 Å². The van der Waals surface area contributed by atoms with Gasteiger partial charge < -0.3 is 29.7 Å². The lowest BCUT2D eigenvalue weighted by Gasteiger charge is -2.45. The minimum absolute atomic E-state index is 0.221. The molecular weight excluding hydrogens is 314 g/mol. The predicted octanol–water partition coefficient (Wildman–Crippen LogP) is 0.614. The van der Waals surface area contributed by atoms with Crippen LogP contribution in [-0.2, 0) is 19.0 Å². The lowest BCUT2D eigenvalue weighted by Crippen LogP contribution is -2.66. The fourth-order valence-corrected chi connectivity index (χ4v) is 2.86. The topological polar surface area (TPSA) is 97.3 Å². The first-order chi connectivity index (χ1) is 11.6. The van der Waals surface area contributed by atoms with Crippen LogP contribution in [0, 0.1) is 0 Å². The summed E-state index contributed by atoms with van der Waals surface area (Å²) >= 11 is 0. The van der Waals surface area contributed by atoms with Gasteiger partial charge in [-0.25, -0.2) is 0 Å². The minimum Gasteiger partial charge on any atom is -0.394 e. The molecule has 1 aliphatic heterocycles. The SMILES string of the molecule is CCCCOC1C(CO)OC(CO)C(NC(C)=O)C1OCCCC. The van der Waals surface area contributed by atoms with E-state index in [1.807, 2.05) is 0 Å². The highest BCUT2D eigenvalue weighted by molar-refractivity contribution is 5.73. The quantitative estimate of drug-likeness (QED) is 0.474. The highest BCUT2D eigenvalue weighted by atomic mass is 16.6. The number of aliphatic hydroxyl groups excluding tert-OH is 2. The van der Waals surface area contributed by atoms with Crippen molar-refractivity contribution < 1.29 is 29.2 Å². The molecule has 0 spiro atoms. The highest BCUT2D eigenvalue weighted by Gasteiger charge is 2.47. The lowest BCUT2D eigenvalue weighted by molar-refractivity contribution is -0.228. The summed E-state index contributed by atoms with van der Waals surface area (Å²) in [7, 11) is 0. The summed E-state index contributed by atoms with van der Waals surface area (Å²) in [5.41, 5.74) is 0. The van der Waals surface area contributed by atoms with E-state index in [9.17, 15) is 15.0 Å². The number of hydrogen-bond donors (Lipinski definition) is 3. The number of hydrogen-bond acceptors (Lipinski definition) is 6. The Kier molecular flexibility index (Phi) is 10.4. The van der Waals surface area contributed by atoms with Crippen LogP contribution >= 0.6 is 0 Å². The highest BCUT2D eigenvalue weighted by Crippen LogP contribution is 2.26. The van der Waals surface area contributed by atoms with Gasteiger partial charge in [0.2, 0.25) is 5.91 Å². The zero-order chi connectivity index (χ0) is 17.9. The Morgan fingerprint density at radius 3 is 2.00 bits per heavy atom. The molecule has 0 aromatic rings. The van der Waals surface area contributed by atoms with E-state index in [0.29, 0.717) is 13.2 Å². The maximum absolute atomic E-state index is 11.6. The van der Waals surface area contributed by atoms with Crippen LogP contribution < -0.4 is 5.32 Å². The van der Waals surface area contributed by atoms with Gasteiger partial charge in [-0.3, -0.25) is 4.79 Å². The number of rotatable bonds is 11. The van der Waals surface area contributed by atoms with Crippen LogP contribution in [0.15, 0.2) is 0 Å². The first-order valence-corrected chi connectivity index (χ1v) is 8.96. The number of aliphatic hydroxyl groups is 2. The van der Waals surface area contributed by atoms with Crippen LogP contribution in [0.1, 0.15) is 46.5 Å². The summed E-state index contributed by atoms with van der Waals surface area (Å²) in [5.74, 6) is -0.221. The number of carbonyl (C=O) groups excluding carboxylic acids is 1. The number of nitrogens with one attached hydrogen (secondary N) is 1. The molecule has 1 rings (SSSR count). The molecule has 0 radical (unpaired) electrons. The Labute approximate surface area is 144 Å². The van der Waals surface area contributed by atoms with E-state index in [2.05, 4.69) is 19.2 Å². The lowest BCUT2D eigenvalue weighted by atomic mass is 9.92. The van der Waals surface area contributed by atoms with Crippen molar-refractivity contribution in [2.24, 2.45) is 0 Å². The molecule has 7 nitrogen and oxygen atoms in total. The van der Waals surface area contributed by atoms with Crippen LogP contribution in [0.4, 0.5) is 0 Å². The second kappa shape index (κ2) is 11.8. The Morgan fingerprint density at radius 1 is 1.00 bits per heavy atom. The van der Waals surface area contributed by atoms with Gasteiger partial charge in [-0.05, 0) is 12.8 Å². The summed E-state index contributed by atoms with van der Waals surface area (Å²) in [6.07, 6.45) is 1.58. The number of unbranched alkanes of at least 4 members (excludes halogenated alkanes) is 2. The number of amides is 1. The van der Waals surface area contributed by atoms with Crippen molar-refractivity contribution in [3.63, 3.8) is 0 Å². The van der Waals surface area contributed by atoms with Gasteiger partial charge >= 0.3 is 0 Å². The van der Waals surface area contributed by atoms with Gasteiger partial charge in [0.05, 0.1) is 19.3 Å². The van der Waals surface area contributed by atoms with Crippen molar-refractivity contribution in [1.29, 1.82) is 0 Å². The molecule has 142 valence electrons. The maximum Gasteiger partial charge on any atom is 0.217 e. The number of carbonyl (C=O) groups is 1. The van der Waals surface area contributed by atoms with Crippen molar-refractivity contribution in [3.8, 4) is 0 Å². The van der Waals surface area contributed by atoms with E-state index in [0.717, 1.165) is 25.7 Å². The molecule has 1 aliphatic rings. The normalized spacial score (nSPS) is 30.3. The fourth-order valence-electron chi connectivity index (χ4n) is 2.86. The summed E-state index contributed by atoms with van der Waals surface area (Å²) in [6.45, 7) is 6.13. The van der Waals surface area contributed by atoms with E-state index >= 15 is 0 Å². The first-order valence-electron chi connectivity index (χ1n) is 8.96. The van der Waals surface area contributed by atoms with Crippen LogP contribution in [-0.4, -0.2) is 73.0 Å². The van der Waals surface area contributed by atoms with Crippen LogP contribution in [0.5, 0.6) is 0 Å². The molecule has 0 saturated carbocycles. The molecule has 24 heavy (non-hydrogen) atoms. The van der Waals surface area contributed by atoms with Gasteiger partial charge in [-0.15, -0.1) is 0 Å². The largest absolute Gasteiger partial charge is 0.394 e. The zero-order valence-electron chi connectivity index (χ0n) is 15.1. The first kappa shape index (κ1) is 21.3. The van der Waals surface area contributed by atoms with Crippen LogP contribution in [0.25, 0.3) is 0 Å². The standard InChI is InChI=1S/C17H33NO6/c1-4-6-8-22-16-14(11-20)24-13(10-19)15(18-12(3)21)17(16)23-9-7-5-2/h13-17,19-20H,4-11H2,1-3H3,(H,18,21). The molecule has 0 aliphatic carbocycles. The van der Waals surface area contributed by atoms with E-state index < -0.39 is 30.5 Å². The van der Waals surface area contributed by atoms with Crippen molar-refractivity contribution in [3.05, 3.63) is 0 Å². The molecule has 5 unspecified atom stereocenters. The third-order valence-corrected chi connectivity index (χ3v) is 4.14. The minimum atomic E-state index is -0.635. The molecule has 1 heterocycles. The fraction of sp³-hybridized carbons (Fsp3) is 0.941. The van der Waals surface area contributed by atoms with Crippen molar-refractivity contribution >= 4 is 5.91 Å². The number of ether oxygens (including phenoxy) is 3. The van der Waals surface area contributed by atoms with Crippen LogP contribution in [0.2, 0.25) is 0 Å². The Hall–Kier alpha value is -0.730. The Bertz CT molecular complexity index is 354. The molecule has 1 saturated heterocycles. The monoisotopic (exact) mass is 347 g/mol. The molecule has 7 heteroatoms. The average Bonchev–Trinajstić information content (AvgIpc) is 2.56. The maximum atomic E-state index is 11.6. The van der Waals surface area contributed by atoms with Crippen molar-refractivity contribution in [2.75, 3.05) is 26.4 Å².